The van der Waals surface area contributed by atoms with Crippen molar-refractivity contribution < 1.29 is 9.84 Å². The third-order valence-corrected chi connectivity index (χ3v) is 2.26. The molecule has 0 aliphatic heterocycles. The summed E-state index contributed by atoms with van der Waals surface area (Å²) in [5.41, 5.74) is 2.07. The zero-order valence-corrected chi connectivity index (χ0v) is 9.03. The van der Waals surface area contributed by atoms with Gasteiger partial charge in [-0.3, -0.25) is 0 Å². The first-order valence-electron chi connectivity index (χ1n) is 4.86. The second kappa shape index (κ2) is 5.38. The van der Waals surface area contributed by atoms with E-state index in [-0.39, 0.29) is 6.42 Å². The zero-order chi connectivity index (χ0) is 11.3. The van der Waals surface area contributed by atoms with Crippen molar-refractivity contribution in [1.82, 2.24) is 0 Å². The van der Waals surface area contributed by atoms with Gasteiger partial charge in [0.05, 0.1) is 25.7 Å². The lowest BCUT2D eigenvalue weighted by Gasteiger charge is -2.09. The normalized spacial score (nSPS) is 11.9. The minimum atomic E-state index is -0.581. The first-order chi connectivity index (χ1) is 7.17. The highest BCUT2D eigenvalue weighted by atomic mass is 16.5. The molecule has 0 aliphatic carbocycles. The summed E-state index contributed by atoms with van der Waals surface area (Å²) in [4.78, 5) is 0. The summed E-state index contributed by atoms with van der Waals surface area (Å²) in [7, 11) is 1.63. The van der Waals surface area contributed by atoms with Gasteiger partial charge in [0.15, 0.2) is 0 Å². The fraction of sp³-hybridized carbons (Fsp3) is 0.417. The van der Waals surface area contributed by atoms with E-state index in [1.807, 2.05) is 31.2 Å². The number of ether oxygens (including phenoxy) is 1. The molecule has 15 heavy (non-hydrogen) atoms. The maximum absolute atomic E-state index is 9.47. The second-order valence-corrected chi connectivity index (χ2v) is 3.52. The maximum Gasteiger partial charge on any atom is 0.121 e. The van der Waals surface area contributed by atoms with Gasteiger partial charge in [0.25, 0.3) is 0 Å². The van der Waals surface area contributed by atoms with Crippen LogP contribution in [-0.4, -0.2) is 18.3 Å². The van der Waals surface area contributed by atoms with E-state index in [2.05, 4.69) is 0 Å². The molecule has 1 unspecified atom stereocenters. The Hall–Kier alpha value is -1.53. The fourth-order valence-corrected chi connectivity index (χ4v) is 1.52. The molecule has 1 aromatic carbocycles. The van der Waals surface area contributed by atoms with Gasteiger partial charge >= 0.3 is 0 Å². The smallest absolute Gasteiger partial charge is 0.121 e. The topological polar surface area (TPSA) is 53.2 Å². The second-order valence-electron chi connectivity index (χ2n) is 3.52. The van der Waals surface area contributed by atoms with E-state index in [1.54, 1.807) is 7.11 Å². The molecule has 1 rings (SSSR count). The van der Waals surface area contributed by atoms with Crippen molar-refractivity contribution in [3.8, 4) is 11.8 Å². The number of methoxy groups -OCH3 is 1. The molecule has 0 aromatic heterocycles. The number of nitrogens with zero attached hydrogens (tertiary/aromatic N) is 1. The third kappa shape index (κ3) is 3.26. The summed E-state index contributed by atoms with van der Waals surface area (Å²) in [6.07, 6.45) is 0.103. The first kappa shape index (κ1) is 11.5. The molecule has 0 spiro atoms. The summed E-state index contributed by atoms with van der Waals surface area (Å²) in [6, 6.07) is 7.71. The molecule has 0 amide bonds. The zero-order valence-electron chi connectivity index (χ0n) is 9.03. The molecule has 0 heterocycles. The van der Waals surface area contributed by atoms with Gasteiger partial charge in [-0.2, -0.15) is 5.26 Å². The van der Waals surface area contributed by atoms with Crippen LogP contribution in [0.4, 0.5) is 0 Å². The molecule has 3 heteroatoms. The summed E-state index contributed by atoms with van der Waals surface area (Å²) >= 11 is 0. The van der Waals surface area contributed by atoms with Crippen molar-refractivity contribution in [1.29, 1.82) is 5.26 Å². The van der Waals surface area contributed by atoms with Crippen LogP contribution in [0.15, 0.2) is 18.2 Å². The first-order valence-corrected chi connectivity index (χ1v) is 4.86. The average Bonchev–Trinajstić information content (AvgIpc) is 2.18. The van der Waals surface area contributed by atoms with Gasteiger partial charge in [-0.25, -0.2) is 0 Å². The minimum Gasteiger partial charge on any atom is -0.496 e. The van der Waals surface area contributed by atoms with Crippen LogP contribution in [0.2, 0.25) is 0 Å². The van der Waals surface area contributed by atoms with Crippen LogP contribution < -0.4 is 4.74 Å². The Kier molecular flexibility index (Phi) is 4.14. The van der Waals surface area contributed by atoms with Crippen molar-refractivity contribution in [2.24, 2.45) is 0 Å². The van der Waals surface area contributed by atoms with Gasteiger partial charge in [-0.1, -0.05) is 12.1 Å². The fourth-order valence-electron chi connectivity index (χ4n) is 1.52. The largest absolute Gasteiger partial charge is 0.496 e. The lowest BCUT2D eigenvalue weighted by atomic mass is 10.0. The molecule has 0 aliphatic rings. The quantitative estimate of drug-likeness (QED) is 0.815. The van der Waals surface area contributed by atoms with Crippen LogP contribution >= 0.6 is 0 Å². The molecule has 0 fully saturated rings. The van der Waals surface area contributed by atoms with E-state index in [1.165, 1.54) is 0 Å². The van der Waals surface area contributed by atoms with Crippen molar-refractivity contribution >= 4 is 0 Å². The van der Waals surface area contributed by atoms with E-state index in [9.17, 15) is 5.11 Å². The molecule has 0 saturated heterocycles. The molecule has 80 valence electrons. The molecule has 0 bridgehead atoms. The number of aliphatic hydroxyl groups excluding tert-OH is 1. The van der Waals surface area contributed by atoms with E-state index in [0.717, 1.165) is 16.9 Å². The SMILES string of the molecule is COc1ccc(CC(O)CC#N)cc1C. The van der Waals surface area contributed by atoms with Crippen LogP contribution in [0.5, 0.6) is 5.75 Å². The molecular weight excluding hydrogens is 190 g/mol. The number of hydrogen-bond acceptors (Lipinski definition) is 3. The van der Waals surface area contributed by atoms with Crippen LogP contribution in [0, 0.1) is 18.3 Å². The molecular formula is C12H15NO2. The molecule has 0 radical (unpaired) electrons. The van der Waals surface area contributed by atoms with Crippen LogP contribution in [0.3, 0.4) is 0 Å². The number of hydrogen-bond donors (Lipinski definition) is 1. The van der Waals surface area contributed by atoms with Crippen LogP contribution in [-0.2, 0) is 6.42 Å². The summed E-state index contributed by atoms with van der Waals surface area (Å²) in [5.74, 6) is 0.841. The van der Waals surface area contributed by atoms with E-state index < -0.39 is 6.10 Å². The molecule has 1 atom stereocenters. The Bertz CT molecular complexity index is 368. The lowest BCUT2D eigenvalue weighted by molar-refractivity contribution is 0.180. The van der Waals surface area contributed by atoms with Gasteiger partial charge in [0.2, 0.25) is 0 Å². The Balaban J connectivity index is 2.72. The van der Waals surface area contributed by atoms with Crippen molar-refractivity contribution in [2.45, 2.75) is 25.9 Å². The molecule has 0 saturated carbocycles. The van der Waals surface area contributed by atoms with Gasteiger partial charge in [0, 0.05) is 0 Å². The van der Waals surface area contributed by atoms with Gasteiger partial charge < -0.3 is 9.84 Å². The summed E-state index contributed by atoms with van der Waals surface area (Å²) in [6.45, 7) is 1.96. The Labute approximate surface area is 89.9 Å². The summed E-state index contributed by atoms with van der Waals surface area (Å²) < 4.78 is 5.14. The Morgan fingerprint density at radius 3 is 2.80 bits per heavy atom. The Morgan fingerprint density at radius 2 is 2.27 bits per heavy atom. The number of aliphatic hydroxyl groups is 1. The standard InChI is InChI=1S/C12H15NO2/c1-9-7-10(3-4-12(9)15-2)8-11(14)5-6-13/h3-4,7,11,14H,5,8H2,1-2H3. The monoisotopic (exact) mass is 205 g/mol. The van der Waals surface area contributed by atoms with E-state index >= 15 is 0 Å². The summed E-state index contributed by atoms with van der Waals surface area (Å²) in [5, 5.41) is 17.9. The highest BCUT2D eigenvalue weighted by Crippen LogP contribution is 2.19. The van der Waals surface area contributed by atoms with E-state index in [4.69, 9.17) is 10.00 Å². The molecule has 1 aromatic rings. The number of benzene rings is 1. The third-order valence-electron chi connectivity index (χ3n) is 2.26. The number of aryl methyl sites for hydroxylation is 1. The van der Waals surface area contributed by atoms with Crippen molar-refractivity contribution in [3.05, 3.63) is 29.3 Å². The maximum atomic E-state index is 9.47. The predicted molar refractivity (Wildman–Crippen MR) is 57.7 cm³/mol. The molecule has 1 N–H and O–H groups in total. The van der Waals surface area contributed by atoms with Gasteiger partial charge in [0.1, 0.15) is 5.75 Å². The van der Waals surface area contributed by atoms with Gasteiger partial charge in [-0.15, -0.1) is 0 Å². The Morgan fingerprint density at radius 1 is 1.53 bits per heavy atom. The lowest BCUT2D eigenvalue weighted by Crippen LogP contribution is -2.09. The highest BCUT2D eigenvalue weighted by molar-refractivity contribution is 5.36. The van der Waals surface area contributed by atoms with Crippen LogP contribution in [0.25, 0.3) is 0 Å². The van der Waals surface area contributed by atoms with Crippen LogP contribution in [0.1, 0.15) is 17.5 Å². The molecule has 3 nitrogen and oxygen atoms in total. The number of nitriles is 1. The van der Waals surface area contributed by atoms with Crippen molar-refractivity contribution in [2.75, 3.05) is 7.11 Å². The average molecular weight is 205 g/mol. The minimum absolute atomic E-state index is 0.172. The van der Waals surface area contributed by atoms with E-state index in [0.29, 0.717) is 6.42 Å². The van der Waals surface area contributed by atoms with Gasteiger partial charge in [-0.05, 0) is 30.5 Å². The van der Waals surface area contributed by atoms with Crippen molar-refractivity contribution in [3.63, 3.8) is 0 Å². The highest BCUT2D eigenvalue weighted by Gasteiger charge is 2.06. The predicted octanol–water partition coefficient (Wildman–Crippen LogP) is 1.82. The number of rotatable bonds is 4.